The first-order valence-electron chi connectivity index (χ1n) is 6.33. The lowest BCUT2D eigenvalue weighted by Crippen LogP contribution is -2.11. The molecular formula is C15H18ClNOS. The number of ether oxygens (including phenoxy) is 1. The summed E-state index contributed by atoms with van der Waals surface area (Å²) in [6.07, 6.45) is 1.11. The van der Waals surface area contributed by atoms with Crippen molar-refractivity contribution in [1.29, 1.82) is 0 Å². The summed E-state index contributed by atoms with van der Waals surface area (Å²) in [5, 5.41) is 4.09. The van der Waals surface area contributed by atoms with E-state index in [9.17, 15) is 0 Å². The van der Waals surface area contributed by atoms with Crippen LogP contribution in [0.25, 0.3) is 0 Å². The van der Waals surface area contributed by atoms with Crippen LogP contribution in [0.3, 0.4) is 0 Å². The monoisotopic (exact) mass is 295 g/mol. The SMILES string of the molecule is CCc1ccc(CNCc2ccc(OC)c(Cl)c2)s1. The van der Waals surface area contributed by atoms with Crippen molar-refractivity contribution in [2.45, 2.75) is 26.4 Å². The molecule has 0 saturated heterocycles. The summed E-state index contributed by atoms with van der Waals surface area (Å²) in [4.78, 5) is 2.81. The van der Waals surface area contributed by atoms with E-state index >= 15 is 0 Å². The molecule has 0 spiro atoms. The van der Waals surface area contributed by atoms with Crippen LogP contribution in [0.1, 0.15) is 22.2 Å². The molecule has 0 aliphatic heterocycles. The molecule has 2 rings (SSSR count). The van der Waals surface area contributed by atoms with E-state index in [1.54, 1.807) is 7.11 Å². The summed E-state index contributed by atoms with van der Waals surface area (Å²) in [6, 6.07) is 10.3. The largest absolute Gasteiger partial charge is 0.495 e. The quantitative estimate of drug-likeness (QED) is 0.859. The van der Waals surface area contributed by atoms with Gasteiger partial charge in [-0.2, -0.15) is 0 Å². The fraction of sp³-hybridized carbons (Fsp3) is 0.333. The van der Waals surface area contributed by atoms with Crippen molar-refractivity contribution in [1.82, 2.24) is 5.32 Å². The Morgan fingerprint density at radius 3 is 2.58 bits per heavy atom. The molecule has 0 amide bonds. The van der Waals surface area contributed by atoms with Gasteiger partial charge in [0.2, 0.25) is 0 Å². The third-order valence-corrected chi connectivity index (χ3v) is 4.44. The van der Waals surface area contributed by atoms with Gasteiger partial charge in [0.15, 0.2) is 0 Å². The Morgan fingerprint density at radius 2 is 1.95 bits per heavy atom. The van der Waals surface area contributed by atoms with Crippen LogP contribution in [0.2, 0.25) is 5.02 Å². The molecule has 1 aromatic heterocycles. The highest BCUT2D eigenvalue weighted by molar-refractivity contribution is 7.11. The molecule has 0 radical (unpaired) electrons. The Morgan fingerprint density at radius 1 is 1.16 bits per heavy atom. The Kier molecular flexibility index (Phi) is 5.25. The second kappa shape index (κ2) is 6.94. The van der Waals surface area contributed by atoms with Gasteiger partial charge < -0.3 is 10.1 Å². The minimum Gasteiger partial charge on any atom is -0.495 e. The highest BCUT2D eigenvalue weighted by Gasteiger charge is 2.02. The van der Waals surface area contributed by atoms with Crippen molar-refractivity contribution >= 4 is 22.9 Å². The van der Waals surface area contributed by atoms with Crippen LogP contribution >= 0.6 is 22.9 Å². The number of methoxy groups -OCH3 is 1. The molecule has 1 N–H and O–H groups in total. The van der Waals surface area contributed by atoms with Crippen molar-refractivity contribution in [3.8, 4) is 5.75 Å². The highest BCUT2D eigenvalue weighted by Crippen LogP contribution is 2.25. The number of halogens is 1. The fourth-order valence-corrected chi connectivity index (χ4v) is 3.07. The van der Waals surface area contributed by atoms with E-state index in [4.69, 9.17) is 16.3 Å². The van der Waals surface area contributed by atoms with Crippen molar-refractivity contribution < 1.29 is 4.74 Å². The van der Waals surface area contributed by atoms with Gasteiger partial charge >= 0.3 is 0 Å². The number of benzene rings is 1. The van der Waals surface area contributed by atoms with Crippen LogP contribution in [0.4, 0.5) is 0 Å². The molecule has 0 aliphatic carbocycles. The average Bonchev–Trinajstić information content (AvgIpc) is 2.87. The van der Waals surface area contributed by atoms with E-state index < -0.39 is 0 Å². The van der Waals surface area contributed by atoms with Gasteiger partial charge in [-0.05, 0) is 36.2 Å². The van der Waals surface area contributed by atoms with E-state index in [-0.39, 0.29) is 0 Å². The third kappa shape index (κ3) is 3.96. The maximum absolute atomic E-state index is 6.10. The third-order valence-electron chi connectivity index (χ3n) is 2.91. The Bertz CT molecular complexity index is 539. The normalized spacial score (nSPS) is 10.7. The fourth-order valence-electron chi connectivity index (χ4n) is 1.86. The van der Waals surface area contributed by atoms with Crippen LogP contribution in [0.15, 0.2) is 30.3 Å². The summed E-state index contributed by atoms with van der Waals surface area (Å²) in [7, 11) is 1.63. The number of thiophene rings is 1. The molecule has 4 heteroatoms. The second-order valence-corrected chi connectivity index (χ2v) is 5.95. The van der Waals surface area contributed by atoms with Crippen LogP contribution < -0.4 is 10.1 Å². The number of aryl methyl sites for hydroxylation is 1. The minimum absolute atomic E-state index is 0.659. The summed E-state index contributed by atoms with van der Waals surface area (Å²) < 4.78 is 5.14. The van der Waals surface area contributed by atoms with Crippen LogP contribution in [-0.4, -0.2) is 7.11 Å². The van der Waals surface area contributed by atoms with E-state index in [2.05, 4.69) is 24.4 Å². The lowest BCUT2D eigenvalue weighted by molar-refractivity contribution is 0.415. The van der Waals surface area contributed by atoms with Crippen LogP contribution in [-0.2, 0) is 19.5 Å². The number of hydrogen-bond donors (Lipinski definition) is 1. The molecule has 102 valence electrons. The molecule has 0 atom stereocenters. The molecular weight excluding hydrogens is 278 g/mol. The average molecular weight is 296 g/mol. The first kappa shape index (κ1) is 14.4. The predicted octanol–water partition coefficient (Wildman–Crippen LogP) is 4.26. The minimum atomic E-state index is 0.659. The summed E-state index contributed by atoms with van der Waals surface area (Å²) >= 11 is 7.97. The summed E-state index contributed by atoms with van der Waals surface area (Å²) in [5.74, 6) is 0.719. The van der Waals surface area contributed by atoms with Crippen molar-refractivity contribution in [3.05, 3.63) is 50.7 Å². The van der Waals surface area contributed by atoms with Gasteiger partial charge in [0.05, 0.1) is 12.1 Å². The zero-order valence-electron chi connectivity index (χ0n) is 11.2. The van der Waals surface area contributed by atoms with Gasteiger partial charge in [0.25, 0.3) is 0 Å². The van der Waals surface area contributed by atoms with Gasteiger partial charge in [-0.3, -0.25) is 0 Å². The lowest BCUT2D eigenvalue weighted by Gasteiger charge is -2.07. The topological polar surface area (TPSA) is 21.3 Å². The Hall–Kier alpha value is -1.03. The zero-order valence-corrected chi connectivity index (χ0v) is 12.8. The molecule has 0 unspecified atom stereocenters. The van der Waals surface area contributed by atoms with Crippen molar-refractivity contribution in [2.75, 3.05) is 7.11 Å². The van der Waals surface area contributed by atoms with Crippen LogP contribution in [0, 0.1) is 0 Å². The predicted molar refractivity (Wildman–Crippen MR) is 82.2 cm³/mol. The van der Waals surface area contributed by atoms with Crippen LogP contribution in [0.5, 0.6) is 5.75 Å². The molecule has 1 aromatic carbocycles. The standard InChI is InChI=1S/C15H18ClNOS/c1-3-12-5-6-13(19-12)10-17-9-11-4-7-15(18-2)14(16)8-11/h4-8,17H,3,9-10H2,1-2H3. The first-order valence-corrected chi connectivity index (χ1v) is 7.53. The molecule has 19 heavy (non-hydrogen) atoms. The second-order valence-electron chi connectivity index (χ2n) is 4.29. The summed E-state index contributed by atoms with van der Waals surface area (Å²) in [6.45, 7) is 3.89. The molecule has 0 bridgehead atoms. The van der Waals surface area contributed by atoms with Gasteiger partial charge in [0, 0.05) is 22.8 Å². The van der Waals surface area contributed by atoms with Crippen molar-refractivity contribution in [3.63, 3.8) is 0 Å². The van der Waals surface area contributed by atoms with E-state index in [1.165, 1.54) is 9.75 Å². The molecule has 1 heterocycles. The van der Waals surface area contributed by atoms with Gasteiger partial charge in [-0.15, -0.1) is 11.3 Å². The maximum atomic E-state index is 6.10. The molecule has 0 saturated carbocycles. The summed E-state index contributed by atoms with van der Waals surface area (Å²) in [5.41, 5.74) is 1.16. The highest BCUT2D eigenvalue weighted by atomic mass is 35.5. The molecule has 2 aromatic rings. The lowest BCUT2D eigenvalue weighted by atomic mass is 10.2. The number of nitrogens with one attached hydrogen (secondary N) is 1. The molecule has 2 nitrogen and oxygen atoms in total. The van der Waals surface area contributed by atoms with E-state index in [0.717, 1.165) is 30.8 Å². The zero-order chi connectivity index (χ0) is 13.7. The maximum Gasteiger partial charge on any atom is 0.137 e. The Labute approximate surface area is 123 Å². The van der Waals surface area contributed by atoms with Gasteiger partial charge in [0.1, 0.15) is 5.75 Å². The van der Waals surface area contributed by atoms with Gasteiger partial charge in [-0.25, -0.2) is 0 Å². The van der Waals surface area contributed by atoms with Crippen molar-refractivity contribution in [2.24, 2.45) is 0 Å². The molecule has 0 aliphatic rings. The van der Waals surface area contributed by atoms with E-state index in [0.29, 0.717) is 5.02 Å². The first-order chi connectivity index (χ1) is 9.22. The van der Waals surface area contributed by atoms with E-state index in [1.807, 2.05) is 29.5 Å². The Balaban J connectivity index is 1.87. The molecule has 0 fully saturated rings. The smallest absolute Gasteiger partial charge is 0.137 e. The number of rotatable bonds is 6. The van der Waals surface area contributed by atoms with Gasteiger partial charge in [-0.1, -0.05) is 24.6 Å². The number of hydrogen-bond acceptors (Lipinski definition) is 3.